The summed E-state index contributed by atoms with van der Waals surface area (Å²) in [4.78, 5) is 27.0. The first kappa shape index (κ1) is 11.8. The van der Waals surface area contributed by atoms with E-state index in [1.165, 1.54) is 17.2 Å². The highest BCUT2D eigenvalue weighted by molar-refractivity contribution is 6.18. The van der Waals surface area contributed by atoms with Crippen LogP contribution in [0.25, 0.3) is 0 Å². The second-order valence-corrected chi connectivity index (χ2v) is 4.14. The van der Waals surface area contributed by atoms with Gasteiger partial charge in [-0.1, -0.05) is 0 Å². The van der Waals surface area contributed by atoms with Crippen LogP contribution in [-0.4, -0.2) is 28.2 Å². The van der Waals surface area contributed by atoms with E-state index < -0.39 is 4.92 Å². The van der Waals surface area contributed by atoms with E-state index in [4.69, 9.17) is 11.6 Å². The Bertz CT molecular complexity index is 466. The van der Waals surface area contributed by atoms with Crippen LogP contribution in [0.5, 0.6) is 0 Å². The third kappa shape index (κ3) is 2.21. The maximum atomic E-state index is 11.7. The molecule has 6 nitrogen and oxygen atoms in total. The Hall–Kier alpha value is -1.69. The second kappa shape index (κ2) is 4.67. The van der Waals surface area contributed by atoms with Crippen LogP contribution in [0.2, 0.25) is 0 Å². The number of amides is 1. The van der Waals surface area contributed by atoms with Crippen LogP contribution in [0.15, 0.2) is 18.3 Å². The fourth-order valence-corrected chi connectivity index (χ4v) is 2.06. The van der Waals surface area contributed by atoms with Crippen molar-refractivity contribution in [2.75, 3.05) is 17.3 Å². The summed E-state index contributed by atoms with van der Waals surface area (Å²) in [6, 6.07) is 3.10. The summed E-state index contributed by atoms with van der Waals surface area (Å²) in [6.07, 6.45) is 1.66. The summed E-state index contributed by atoms with van der Waals surface area (Å²) < 4.78 is 0. The average molecular weight is 256 g/mol. The van der Waals surface area contributed by atoms with Crippen LogP contribution in [0.4, 0.5) is 11.5 Å². The van der Waals surface area contributed by atoms with E-state index in [0.717, 1.165) is 0 Å². The summed E-state index contributed by atoms with van der Waals surface area (Å²) in [5.41, 5.74) is 0.245. The zero-order valence-electron chi connectivity index (χ0n) is 8.88. The Labute approximate surface area is 102 Å². The third-order valence-electron chi connectivity index (χ3n) is 2.65. The Morgan fingerprint density at radius 2 is 2.41 bits per heavy atom. The molecule has 0 aromatic carbocycles. The van der Waals surface area contributed by atoms with Crippen LogP contribution >= 0.6 is 11.6 Å². The summed E-state index contributed by atoms with van der Waals surface area (Å²) in [7, 11) is 0. The highest BCUT2D eigenvalue weighted by atomic mass is 35.5. The van der Waals surface area contributed by atoms with Crippen molar-refractivity contribution in [2.45, 2.75) is 6.42 Å². The molecule has 0 spiro atoms. The molecule has 17 heavy (non-hydrogen) atoms. The zero-order chi connectivity index (χ0) is 12.4. The number of carbonyl (C=O) groups excluding carboxylic acids is 1. The van der Waals surface area contributed by atoms with Gasteiger partial charge in [0.1, 0.15) is 11.9 Å². The summed E-state index contributed by atoms with van der Waals surface area (Å²) in [5, 5.41) is 10.8. The number of anilines is 1. The van der Waals surface area contributed by atoms with Crippen molar-refractivity contribution in [1.29, 1.82) is 0 Å². The predicted molar refractivity (Wildman–Crippen MR) is 62.1 cm³/mol. The number of alkyl halides is 1. The van der Waals surface area contributed by atoms with Crippen molar-refractivity contribution in [3.05, 3.63) is 28.4 Å². The van der Waals surface area contributed by atoms with E-state index in [-0.39, 0.29) is 23.3 Å². The SMILES string of the molecule is O=C1CC(CCl)CN1c1cccnc1[N+](=O)[O-]. The molecule has 1 amide bonds. The predicted octanol–water partition coefficient (Wildman–Crippen LogP) is 1.58. The molecule has 90 valence electrons. The minimum absolute atomic E-state index is 0.0453. The number of pyridine rings is 1. The lowest BCUT2D eigenvalue weighted by Gasteiger charge is -2.15. The second-order valence-electron chi connectivity index (χ2n) is 3.83. The van der Waals surface area contributed by atoms with Gasteiger partial charge in [0.05, 0.1) is 0 Å². The quantitative estimate of drug-likeness (QED) is 0.467. The van der Waals surface area contributed by atoms with Gasteiger partial charge in [0.25, 0.3) is 0 Å². The summed E-state index contributed by atoms with van der Waals surface area (Å²) in [6.45, 7) is 0.412. The maximum Gasteiger partial charge on any atom is 0.387 e. The lowest BCUT2D eigenvalue weighted by atomic mass is 10.1. The smallest absolute Gasteiger partial charge is 0.358 e. The van der Waals surface area contributed by atoms with E-state index in [1.807, 2.05) is 0 Å². The lowest BCUT2D eigenvalue weighted by Crippen LogP contribution is -2.25. The van der Waals surface area contributed by atoms with E-state index in [2.05, 4.69) is 4.98 Å². The number of nitrogens with zero attached hydrogens (tertiary/aromatic N) is 3. The molecule has 1 atom stereocenters. The van der Waals surface area contributed by atoms with Crippen LogP contribution in [0.1, 0.15) is 6.42 Å². The molecular weight excluding hydrogens is 246 g/mol. The molecular formula is C10H10ClN3O3. The number of aromatic nitrogens is 1. The molecule has 0 saturated carbocycles. The lowest BCUT2D eigenvalue weighted by molar-refractivity contribution is -0.388. The molecule has 1 fully saturated rings. The number of hydrogen-bond donors (Lipinski definition) is 0. The molecule has 1 saturated heterocycles. The van der Waals surface area contributed by atoms with Gasteiger partial charge in [0, 0.05) is 18.8 Å². The molecule has 0 radical (unpaired) electrons. The first-order chi connectivity index (χ1) is 8.13. The fourth-order valence-electron chi connectivity index (χ4n) is 1.86. The topological polar surface area (TPSA) is 76.3 Å². The van der Waals surface area contributed by atoms with Gasteiger partial charge >= 0.3 is 5.82 Å². The van der Waals surface area contributed by atoms with Crippen molar-refractivity contribution in [1.82, 2.24) is 4.98 Å². The normalized spacial score (nSPS) is 19.7. The Morgan fingerprint density at radius 3 is 3.00 bits per heavy atom. The standard InChI is InChI=1S/C10H10ClN3O3/c11-5-7-4-9(15)13(6-7)8-2-1-3-12-10(8)14(16)17/h1-3,7H,4-6H2. The van der Waals surface area contributed by atoms with Gasteiger partial charge in [0.15, 0.2) is 0 Å². The molecule has 0 N–H and O–H groups in total. The van der Waals surface area contributed by atoms with Gasteiger partial charge in [0.2, 0.25) is 5.91 Å². The maximum absolute atomic E-state index is 11.7. The number of rotatable bonds is 3. The van der Waals surface area contributed by atoms with Crippen molar-refractivity contribution < 1.29 is 9.72 Å². The Balaban J connectivity index is 2.35. The largest absolute Gasteiger partial charge is 0.387 e. The van der Waals surface area contributed by atoms with Gasteiger partial charge in [-0.2, -0.15) is 0 Å². The van der Waals surface area contributed by atoms with Crippen LogP contribution in [-0.2, 0) is 4.79 Å². The van der Waals surface area contributed by atoms with Crippen molar-refractivity contribution in [3.63, 3.8) is 0 Å². The number of nitro groups is 1. The van der Waals surface area contributed by atoms with Crippen LogP contribution in [0.3, 0.4) is 0 Å². The minimum atomic E-state index is -0.587. The van der Waals surface area contributed by atoms with Crippen molar-refractivity contribution in [2.24, 2.45) is 5.92 Å². The molecule has 0 bridgehead atoms. The number of hydrogen-bond acceptors (Lipinski definition) is 4. The molecule has 7 heteroatoms. The van der Waals surface area contributed by atoms with E-state index >= 15 is 0 Å². The third-order valence-corrected chi connectivity index (χ3v) is 3.09. The zero-order valence-corrected chi connectivity index (χ0v) is 9.63. The first-order valence-electron chi connectivity index (χ1n) is 5.09. The van der Waals surface area contributed by atoms with Gasteiger partial charge in [-0.15, -0.1) is 11.6 Å². The highest BCUT2D eigenvalue weighted by Gasteiger charge is 2.34. The van der Waals surface area contributed by atoms with E-state index in [0.29, 0.717) is 18.8 Å². The molecule has 1 aliphatic heterocycles. The molecule has 1 aromatic heterocycles. The van der Waals surface area contributed by atoms with E-state index in [9.17, 15) is 14.9 Å². The Kier molecular flexibility index (Phi) is 3.23. The first-order valence-corrected chi connectivity index (χ1v) is 5.62. The molecule has 0 aliphatic carbocycles. The molecule has 1 unspecified atom stereocenters. The van der Waals surface area contributed by atoms with Gasteiger partial charge < -0.3 is 15.0 Å². The van der Waals surface area contributed by atoms with Crippen molar-refractivity contribution >= 4 is 29.0 Å². The molecule has 2 rings (SSSR count). The minimum Gasteiger partial charge on any atom is -0.358 e. The number of carbonyl (C=O) groups is 1. The summed E-state index contributed by atoms with van der Waals surface area (Å²) >= 11 is 5.70. The van der Waals surface area contributed by atoms with Crippen LogP contribution < -0.4 is 4.90 Å². The number of halogens is 1. The van der Waals surface area contributed by atoms with E-state index in [1.54, 1.807) is 6.07 Å². The van der Waals surface area contributed by atoms with Gasteiger partial charge in [-0.05, 0) is 28.0 Å². The summed E-state index contributed by atoms with van der Waals surface area (Å²) in [5.74, 6) is -0.0252. The van der Waals surface area contributed by atoms with Gasteiger partial charge in [-0.25, -0.2) is 0 Å². The fraction of sp³-hybridized carbons (Fsp3) is 0.400. The monoisotopic (exact) mass is 255 g/mol. The highest BCUT2D eigenvalue weighted by Crippen LogP contribution is 2.31. The van der Waals surface area contributed by atoms with Crippen molar-refractivity contribution in [3.8, 4) is 0 Å². The van der Waals surface area contributed by atoms with Crippen LogP contribution in [0, 0.1) is 16.0 Å². The molecule has 1 aromatic rings. The average Bonchev–Trinajstić information content (AvgIpc) is 2.70. The molecule has 1 aliphatic rings. The molecule has 2 heterocycles. The van der Waals surface area contributed by atoms with Gasteiger partial charge in [-0.3, -0.25) is 4.79 Å². The Morgan fingerprint density at radius 1 is 1.65 bits per heavy atom.